The van der Waals surface area contributed by atoms with E-state index >= 15 is 0 Å². The molecule has 0 atom stereocenters. The Balaban J connectivity index is 1.94. The Kier molecular flexibility index (Phi) is 6.42. The van der Waals surface area contributed by atoms with Crippen molar-refractivity contribution < 1.29 is 14.1 Å². The van der Waals surface area contributed by atoms with Crippen LogP contribution < -0.4 is 9.80 Å². The highest BCUT2D eigenvalue weighted by molar-refractivity contribution is 7.22. The zero-order chi connectivity index (χ0) is 19.4. The molecule has 0 aliphatic carbocycles. The maximum absolute atomic E-state index is 13.2. The molecule has 27 heavy (non-hydrogen) atoms. The van der Waals surface area contributed by atoms with Crippen LogP contribution in [0.1, 0.15) is 24.2 Å². The van der Waals surface area contributed by atoms with Crippen molar-refractivity contribution in [2.24, 2.45) is 0 Å². The summed E-state index contributed by atoms with van der Waals surface area (Å²) in [4.78, 5) is 20.8. The van der Waals surface area contributed by atoms with E-state index in [-0.39, 0.29) is 11.7 Å². The minimum Gasteiger partial charge on any atom is -0.334 e. The normalized spacial score (nSPS) is 11.3. The number of aromatic nitrogens is 1. The van der Waals surface area contributed by atoms with Crippen molar-refractivity contribution in [2.75, 3.05) is 31.1 Å². The molecule has 7 heteroatoms. The van der Waals surface area contributed by atoms with Crippen LogP contribution in [0.5, 0.6) is 0 Å². The predicted octanol–water partition coefficient (Wildman–Crippen LogP) is 3.66. The first-order chi connectivity index (χ1) is 13.0. The van der Waals surface area contributed by atoms with Gasteiger partial charge in [-0.15, -0.1) is 0 Å². The van der Waals surface area contributed by atoms with Crippen LogP contribution in [0.25, 0.3) is 10.2 Å². The van der Waals surface area contributed by atoms with Crippen molar-refractivity contribution in [1.29, 1.82) is 0 Å². The first-order valence-corrected chi connectivity index (χ1v) is 10.2. The molecule has 1 N–H and O–H groups in total. The lowest BCUT2D eigenvalue weighted by Gasteiger charge is -2.23. The highest BCUT2D eigenvalue weighted by Gasteiger charge is 2.23. The number of fused-ring (bicyclic) bond motifs is 1. The number of benzene rings is 2. The second kappa shape index (κ2) is 8.78. The van der Waals surface area contributed by atoms with Crippen molar-refractivity contribution in [3.05, 3.63) is 58.9 Å². The number of amides is 1. The number of rotatable bonds is 7. The van der Waals surface area contributed by atoms with Crippen LogP contribution in [0.2, 0.25) is 5.02 Å². The number of halogens is 2. The molecule has 2 aromatic carbocycles. The van der Waals surface area contributed by atoms with Crippen molar-refractivity contribution in [2.45, 2.75) is 13.8 Å². The van der Waals surface area contributed by atoms with Crippen molar-refractivity contribution >= 4 is 44.2 Å². The molecule has 0 bridgehead atoms. The smallest absolute Gasteiger partial charge is 0.260 e. The van der Waals surface area contributed by atoms with E-state index in [9.17, 15) is 9.18 Å². The third kappa shape index (κ3) is 4.64. The van der Waals surface area contributed by atoms with Gasteiger partial charge in [-0.25, -0.2) is 9.37 Å². The molecule has 1 aromatic heterocycles. The lowest BCUT2D eigenvalue weighted by atomic mass is 10.2. The summed E-state index contributed by atoms with van der Waals surface area (Å²) < 4.78 is 14.2. The Morgan fingerprint density at radius 1 is 1.19 bits per heavy atom. The molecule has 0 aliphatic rings. The van der Waals surface area contributed by atoms with E-state index in [1.54, 1.807) is 11.0 Å². The minimum atomic E-state index is -0.361. The molecule has 0 fully saturated rings. The van der Waals surface area contributed by atoms with Gasteiger partial charge in [-0.2, -0.15) is 0 Å². The van der Waals surface area contributed by atoms with Crippen LogP contribution in [-0.2, 0) is 0 Å². The molecule has 0 unspecified atom stereocenters. The highest BCUT2D eigenvalue weighted by Crippen LogP contribution is 2.31. The van der Waals surface area contributed by atoms with Crippen LogP contribution in [-0.4, -0.2) is 37.1 Å². The van der Waals surface area contributed by atoms with Crippen LogP contribution >= 0.6 is 22.9 Å². The molecule has 1 heterocycles. The molecule has 0 saturated heterocycles. The molecule has 0 saturated carbocycles. The monoisotopic (exact) mass is 406 g/mol. The third-order valence-corrected chi connectivity index (χ3v) is 5.87. The number of nitrogens with one attached hydrogen (secondary N) is 1. The molecule has 4 nitrogen and oxygen atoms in total. The van der Waals surface area contributed by atoms with Gasteiger partial charge >= 0.3 is 0 Å². The number of anilines is 1. The Bertz CT molecular complexity index is 925. The number of hydrogen-bond donors (Lipinski definition) is 1. The first kappa shape index (κ1) is 19.7. The lowest BCUT2D eigenvalue weighted by molar-refractivity contribution is -0.894. The number of carbonyl (C=O) groups excluding carboxylic acids is 1. The number of hydrogen-bond acceptors (Lipinski definition) is 3. The van der Waals surface area contributed by atoms with E-state index < -0.39 is 0 Å². The Morgan fingerprint density at radius 3 is 2.56 bits per heavy atom. The zero-order valence-corrected chi connectivity index (χ0v) is 16.9. The summed E-state index contributed by atoms with van der Waals surface area (Å²) >= 11 is 7.52. The van der Waals surface area contributed by atoms with Crippen LogP contribution in [0.3, 0.4) is 0 Å². The van der Waals surface area contributed by atoms with Crippen LogP contribution in [0.15, 0.2) is 42.5 Å². The number of quaternary nitrogens is 1. The van der Waals surface area contributed by atoms with Crippen molar-refractivity contribution in [3.8, 4) is 0 Å². The highest BCUT2D eigenvalue weighted by atomic mass is 35.5. The van der Waals surface area contributed by atoms with Gasteiger partial charge in [0.25, 0.3) is 5.91 Å². The van der Waals surface area contributed by atoms with Gasteiger partial charge in [-0.3, -0.25) is 9.69 Å². The fourth-order valence-electron chi connectivity index (χ4n) is 2.91. The fourth-order valence-corrected chi connectivity index (χ4v) is 4.17. The van der Waals surface area contributed by atoms with E-state index in [2.05, 4.69) is 18.8 Å². The van der Waals surface area contributed by atoms with E-state index in [1.807, 2.05) is 12.1 Å². The lowest BCUT2D eigenvalue weighted by Crippen LogP contribution is -3.12. The van der Waals surface area contributed by atoms with E-state index in [0.717, 1.165) is 29.9 Å². The third-order valence-electron chi connectivity index (χ3n) is 4.60. The summed E-state index contributed by atoms with van der Waals surface area (Å²) in [5, 5.41) is 1.27. The average Bonchev–Trinajstić information content (AvgIpc) is 3.08. The number of thiazole rings is 1. The van der Waals surface area contributed by atoms with E-state index in [0.29, 0.717) is 22.3 Å². The molecule has 0 aliphatic heterocycles. The van der Waals surface area contributed by atoms with Gasteiger partial charge in [0.2, 0.25) is 0 Å². The summed E-state index contributed by atoms with van der Waals surface area (Å²) in [7, 11) is 0. The summed E-state index contributed by atoms with van der Waals surface area (Å²) in [6.45, 7) is 7.60. The van der Waals surface area contributed by atoms with Gasteiger partial charge in [-0.05, 0) is 56.3 Å². The predicted molar refractivity (Wildman–Crippen MR) is 110 cm³/mol. The molecule has 1 amide bonds. The van der Waals surface area contributed by atoms with E-state index in [4.69, 9.17) is 11.6 Å². The van der Waals surface area contributed by atoms with Gasteiger partial charge in [0.05, 0.1) is 36.4 Å². The van der Waals surface area contributed by atoms with Gasteiger partial charge < -0.3 is 4.90 Å². The fraction of sp³-hybridized carbons (Fsp3) is 0.300. The second-order valence-corrected chi connectivity index (χ2v) is 7.72. The quantitative estimate of drug-likeness (QED) is 0.650. The molecular weight excluding hydrogens is 385 g/mol. The molecule has 0 spiro atoms. The summed E-state index contributed by atoms with van der Waals surface area (Å²) in [6, 6.07) is 11.1. The maximum atomic E-state index is 13.2. The van der Waals surface area contributed by atoms with Crippen molar-refractivity contribution in [3.63, 3.8) is 0 Å². The average molecular weight is 407 g/mol. The second-order valence-electron chi connectivity index (χ2n) is 6.28. The number of nitrogens with zero attached hydrogens (tertiary/aromatic N) is 2. The van der Waals surface area contributed by atoms with Gasteiger partial charge in [0.1, 0.15) is 5.82 Å². The van der Waals surface area contributed by atoms with Crippen molar-refractivity contribution in [1.82, 2.24) is 4.98 Å². The maximum Gasteiger partial charge on any atom is 0.260 e. The molecule has 142 valence electrons. The molecular formula is C20H22ClFN3OS+. The van der Waals surface area contributed by atoms with Gasteiger partial charge in [0.15, 0.2) is 5.13 Å². The van der Waals surface area contributed by atoms with Crippen LogP contribution in [0.4, 0.5) is 9.52 Å². The SMILES string of the molecule is CC[NH+](CC)CCN(C(=O)c1ccc(F)cc1)c1nc2ccc(Cl)cc2s1. The topological polar surface area (TPSA) is 37.6 Å². The standard InChI is InChI=1S/C20H21ClFN3OS/c1-3-24(4-2)11-12-25(19(26)14-5-8-16(22)9-6-14)20-23-17-10-7-15(21)13-18(17)27-20/h5-10,13H,3-4,11-12H2,1-2H3/p+1. The van der Waals surface area contributed by atoms with Crippen LogP contribution in [0, 0.1) is 5.82 Å². The number of carbonyl (C=O) groups is 1. The Labute approximate surface area is 167 Å². The van der Waals surface area contributed by atoms with Gasteiger partial charge in [0, 0.05) is 10.6 Å². The molecule has 3 rings (SSSR count). The molecule has 0 radical (unpaired) electrons. The summed E-state index contributed by atoms with van der Waals surface area (Å²) in [5.41, 5.74) is 1.26. The summed E-state index contributed by atoms with van der Waals surface area (Å²) in [6.07, 6.45) is 0. The Hall–Kier alpha value is -2.02. The largest absolute Gasteiger partial charge is 0.334 e. The van der Waals surface area contributed by atoms with Gasteiger partial charge in [-0.1, -0.05) is 22.9 Å². The Morgan fingerprint density at radius 2 is 1.89 bits per heavy atom. The van der Waals surface area contributed by atoms with E-state index in [1.165, 1.54) is 40.5 Å². The first-order valence-electron chi connectivity index (χ1n) is 8.99. The zero-order valence-electron chi connectivity index (χ0n) is 15.3. The number of likely N-dealkylation sites (N-methyl/N-ethyl adjacent to an activating group) is 1. The molecule has 3 aromatic rings. The summed E-state index contributed by atoms with van der Waals surface area (Å²) in [5.74, 6) is -0.535. The minimum absolute atomic E-state index is 0.174.